The standard InChI is InChI=1S/C13H25FN2O.C3H8/c1-13(2)9-11(14)12(5-8-16-13)17-10-3-6-15-7-4-10;1-3-2/h10-12,15-16H,3-9H2,1-2H3;3H2,1-2H3. The van der Waals surface area contributed by atoms with E-state index in [0.29, 0.717) is 6.42 Å². The van der Waals surface area contributed by atoms with E-state index in [2.05, 4.69) is 38.3 Å². The van der Waals surface area contributed by atoms with Crippen LogP contribution in [0.1, 0.15) is 59.8 Å². The zero-order chi connectivity index (χ0) is 15.0. The molecule has 0 bridgehead atoms. The number of piperidine rings is 1. The van der Waals surface area contributed by atoms with Crippen LogP contribution in [0.3, 0.4) is 0 Å². The Balaban J connectivity index is 0.000000612. The lowest BCUT2D eigenvalue weighted by molar-refractivity contribution is -0.0649. The van der Waals surface area contributed by atoms with Crippen molar-refractivity contribution in [2.75, 3.05) is 19.6 Å². The molecule has 2 rings (SSSR count). The van der Waals surface area contributed by atoms with Gasteiger partial charge >= 0.3 is 0 Å². The highest BCUT2D eigenvalue weighted by atomic mass is 19.1. The highest BCUT2D eigenvalue weighted by Gasteiger charge is 2.34. The monoisotopic (exact) mass is 288 g/mol. The third kappa shape index (κ3) is 6.51. The van der Waals surface area contributed by atoms with Crippen molar-refractivity contribution in [3.63, 3.8) is 0 Å². The van der Waals surface area contributed by atoms with E-state index in [0.717, 1.165) is 38.9 Å². The molecule has 2 saturated heterocycles. The predicted molar refractivity (Wildman–Crippen MR) is 82.9 cm³/mol. The molecule has 0 aliphatic carbocycles. The smallest absolute Gasteiger partial charge is 0.128 e. The lowest BCUT2D eigenvalue weighted by Gasteiger charge is -2.30. The van der Waals surface area contributed by atoms with E-state index >= 15 is 0 Å². The van der Waals surface area contributed by atoms with E-state index in [1.165, 1.54) is 6.42 Å². The van der Waals surface area contributed by atoms with Gasteiger partial charge in [0, 0.05) is 5.54 Å². The van der Waals surface area contributed by atoms with Gasteiger partial charge in [0.25, 0.3) is 0 Å². The minimum Gasteiger partial charge on any atom is -0.372 e. The fourth-order valence-electron chi connectivity index (χ4n) is 2.76. The molecule has 0 radical (unpaired) electrons. The summed E-state index contributed by atoms with van der Waals surface area (Å²) in [6.07, 6.45) is 3.81. The maximum absolute atomic E-state index is 14.2. The number of hydrogen-bond donors (Lipinski definition) is 2. The van der Waals surface area contributed by atoms with Crippen LogP contribution in [0.4, 0.5) is 4.39 Å². The first-order chi connectivity index (χ1) is 9.48. The molecule has 2 aliphatic heterocycles. The van der Waals surface area contributed by atoms with Gasteiger partial charge in [-0.2, -0.15) is 0 Å². The van der Waals surface area contributed by atoms with Crippen LogP contribution in [0.25, 0.3) is 0 Å². The summed E-state index contributed by atoms with van der Waals surface area (Å²) in [6, 6.07) is 0. The topological polar surface area (TPSA) is 33.3 Å². The fourth-order valence-corrected chi connectivity index (χ4v) is 2.76. The average Bonchev–Trinajstić information content (AvgIpc) is 2.50. The van der Waals surface area contributed by atoms with Crippen molar-refractivity contribution >= 4 is 0 Å². The lowest BCUT2D eigenvalue weighted by atomic mass is 9.96. The van der Waals surface area contributed by atoms with Crippen LogP contribution >= 0.6 is 0 Å². The van der Waals surface area contributed by atoms with Crippen LogP contribution in [-0.2, 0) is 4.74 Å². The van der Waals surface area contributed by atoms with Crippen LogP contribution in [-0.4, -0.2) is 43.6 Å². The summed E-state index contributed by atoms with van der Waals surface area (Å²) >= 11 is 0. The summed E-state index contributed by atoms with van der Waals surface area (Å²) in [5, 5.41) is 6.69. The Bertz CT molecular complexity index is 255. The number of hydrogen-bond acceptors (Lipinski definition) is 3. The van der Waals surface area contributed by atoms with E-state index in [-0.39, 0.29) is 17.7 Å². The van der Waals surface area contributed by atoms with Gasteiger partial charge in [0.15, 0.2) is 0 Å². The van der Waals surface area contributed by atoms with Crippen LogP contribution in [0.5, 0.6) is 0 Å². The Morgan fingerprint density at radius 3 is 2.30 bits per heavy atom. The summed E-state index contributed by atoms with van der Waals surface area (Å²) < 4.78 is 20.1. The second-order valence-electron chi connectivity index (χ2n) is 6.65. The minimum absolute atomic E-state index is 0.106. The van der Waals surface area contributed by atoms with Crippen LogP contribution in [0.2, 0.25) is 0 Å². The second kappa shape index (κ2) is 8.96. The second-order valence-corrected chi connectivity index (χ2v) is 6.65. The SMILES string of the molecule is CC1(C)CC(F)C(OC2CCNCC2)CCN1.CCC. The number of alkyl halides is 1. The largest absolute Gasteiger partial charge is 0.372 e. The van der Waals surface area contributed by atoms with Gasteiger partial charge in [-0.05, 0) is 59.2 Å². The van der Waals surface area contributed by atoms with Crippen molar-refractivity contribution in [3.05, 3.63) is 0 Å². The molecule has 2 unspecified atom stereocenters. The molecule has 120 valence electrons. The maximum atomic E-state index is 14.2. The van der Waals surface area contributed by atoms with Gasteiger partial charge in [0.05, 0.1) is 12.2 Å². The predicted octanol–water partition coefficient (Wildman–Crippen LogP) is 3.04. The summed E-state index contributed by atoms with van der Waals surface area (Å²) in [5.74, 6) is 0. The lowest BCUT2D eigenvalue weighted by Crippen LogP contribution is -2.40. The molecule has 2 N–H and O–H groups in total. The van der Waals surface area contributed by atoms with Gasteiger partial charge in [-0.25, -0.2) is 4.39 Å². The highest BCUT2D eigenvalue weighted by molar-refractivity contribution is 4.89. The average molecular weight is 288 g/mol. The summed E-state index contributed by atoms with van der Waals surface area (Å²) in [7, 11) is 0. The Morgan fingerprint density at radius 2 is 1.70 bits per heavy atom. The number of nitrogens with one attached hydrogen (secondary N) is 2. The van der Waals surface area contributed by atoms with Gasteiger partial charge in [0.2, 0.25) is 0 Å². The molecule has 2 aliphatic rings. The van der Waals surface area contributed by atoms with Crippen molar-refractivity contribution < 1.29 is 9.13 Å². The first-order valence-electron chi connectivity index (χ1n) is 8.23. The molecule has 2 fully saturated rings. The summed E-state index contributed by atoms with van der Waals surface area (Å²) in [4.78, 5) is 0. The third-order valence-electron chi connectivity index (χ3n) is 3.79. The molecule has 2 heterocycles. The molecule has 0 amide bonds. The van der Waals surface area contributed by atoms with E-state index < -0.39 is 6.17 Å². The maximum Gasteiger partial charge on any atom is 0.128 e. The van der Waals surface area contributed by atoms with Crippen molar-refractivity contribution in [1.29, 1.82) is 0 Å². The molecule has 4 heteroatoms. The van der Waals surface area contributed by atoms with Gasteiger partial charge in [-0.1, -0.05) is 20.3 Å². The zero-order valence-electron chi connectivity index (χ0n) is 13.7. The Labute approximate surface area is 124 Å². The molecule has 2 atom stereocenters. The first kappa shape index (κ1) is 17.9. The molecular formula is C16H33FN2O. The van der Waals surface area contributed by atoms with Crippen LogP contribution in [0, 0.1) is 0 Å². The van der Waals surface area contributed by atoms with Gasteiger partial charge in [0.1, 0.15) is 6.17 Å². The Kier molecular flexibility index (Phi) is 8.00. The van der Waals surface area contributed by atoms with Crippen LogP contribution in [0.15, 0.2) is 0 Å². The minimum atomic E-state index is -0.838. The quantitative estimate of drug-likeness (QED) is 0.819. The zero-order valence-corrected chi connectivity index (χ0v) is 13.7. The van der Waals surface area contributed by atoms with Crippen molar-refractivity contribution in [3.8, 4) is 0 Å². The van der Waals surface area contributed by atoms with Crippen molar-refractivity contribution in [2.24, 2.45) is 0 Å². The van der Waals surface area contributed by atoms with E-state index in [4.69, 9.17) is 4.74 Å². The van der Waals surface area contributed by atoms with Crippen molar-refractivity contribution in [2.45, 2.75) is 83.7 Å². The number of halogens is 1. The van der Waals surface area contributed by atoms with Gasteiger partial charge in [-0.15, -0.1) is 0 Å². The molecule has 20 heavy (non-hydrogen) atoms. The Morgan fingerprint density at radius 1 is 1.10 bits per heavy atom. The highest BCUT2D eigenvalue weighted by Crippen LogP contribution is 2.25. The molecule has 3 nitrogen and oxygen atoms in total. The number of rotatable bonds is 2. The molecule has 0 aromatic heterocycles. The van der Waals surface area contributed by atoms with Crippen molar-refractivity contribution in [1.82, 2.24) is 10.6 Å². The molecular weight excluding hydrogens is 255 g/mol. The van der Waals surface area contributed by atoms with Crippen LogP contribution < -0.4 is 10.6 Å². The van der Waals surface area contributed by atoms with E-state index in [1.807, 2.05) is 0 Å². The van der Waals surface area contributed by atoms with E-state index in [9.17, 15) is 4.39 Å². The molecule has 0 saturated carbocycles. The Hall–Kier alpha value is -0.190. The normalized spacial score (nSPS) is 31.1. The third-order valence-corrected chi connectivity index (χ3v) is 3.79. The molecule has 0 spiro atoms. The molecule has 0 aromatic carbocycles. The van der Waals surface area contributed by atoms with E-state index in [1.54, 1.807) is 0 Å². The first-order valence-corrected chi connectivity index (χ1v) is 8.23. The number of ether oxygens (including phenoxy) is 1. The summed E-state index contributed by atoms with van der Waals surface area (Å²) in [6.45, 7) is 11.2. The van der Waals surface area contributed by atoms with Gasteiger partial charge in [-0.3, -0.25) is 0 Å². The summed E-state index contributed by atoms with van der Waals surface area (Å²) in [5.41, 5.74) is -0.106. The molecule has 0 aromatic rings. The van der Waals surface area contributed by atoms with Gasteiger partial charge < -0.3 is 15.4 Å². The fraction of sp³-hybridized carbons (Fsp3) is 1.00.